The number of hydrogen-bond donors (Lipinski definition) is 0. The summed E-state index contributed by atoms with van der Waals surface area (Å²) in [7, 11) is 0. The second-order valence-electron chi connectivity index (χ2n) is 2.44. The van der Waals surface area contributed by atoms with Gasteiger partial charge in [0.05, 0.1) is 0 Å². The quantitative estimate of drug-likeness (QED) is 0.476. The van der Waals surface area contributed by atoms with Crippen molar-refractivity contribution in [2.24, 2.45) is 0 Å². The molecule has 3 heteroatoms. The number of halogens is 2. The molecule has 0 aromatic heterocycles. The molecule has 0 nitrogen and oxygen atoms in total. The van der Waals surface area contributed by atoms with Crippen molar-refractivity contribution >= 4 is 0 Å². The van der Waals surface area contributed by atoms with Crippen molar-refractivity contribution in [1.29, 1.82) is 0 Å². The fourth-order valence-electron chi connectivity index (χ4n) is 1.04. The first-order valence-corrected chi connectivity index (χ1v) is 4.78. The second kappa shape index (κ2) is 8.29. The van der Waals surface area contributed by atoms with E-state index in [1.54, 1.807) is 33.6 Å². The van der Waals surface area contributed by atoms with Gasteiger partial charge in [0.2, 0.25) is 0 Å². The molecule has 0 radical (unpaired) electrons. The molecule has 0 bridgehead atoms. The van der Waals surface area contributed by atoms with E-state index in [9.17, 15) is 0 Å². The summed E-state index contributed by atoms with van der Waals surface area (Å²) in [4.78, 5) is 0. The van der Waals surface area contributed by atoms with Crippen LogP contribution in [0.25, 0.3) is 0 Å². The predicted molar refractivity (Wildman–Crippen MR) is 40.2 cm³/mol. The van der Waals surface area contributed by atoms with Gasteiger partial charge in [0.15, 0.2) is 0 Å². The molecule has 0 amide bonds. The summed E-state index contributed by atoms with van der Waals surface area (Å²) < 4.78 is 1.62. The maximum Gasteiger partial charge on any atom is -1.00 e. The molecule has 0 saturated heterocycles. The van der Waals surface area contributed by atoms with Crippen LogP contribution in [-0.2, 0) is 24.7 Å². The molecule has 0 unspecified atom stereocenters. The van der Waals surface area contributed by atoms with E-state index in [1.165, 1.54) is 12.8 Å². The summed E-state index contributed by atoms with van der Waals surface area (Å²) in [5.41, 5.74) is 1.55. The Kier molecular flexibility index (Phi) is 10.5. The van der Waals surface area contributed by atoms with Crippen LogP contribution in [0.2, 0.25) is 0 Å². The van der Waals surface area contributed by atoms with Gasteiger partial charge in [0.25, 0.3) is 0 Å². The number of hydrogen-bond acceptors (Lipinski definition) is 0. The second-order valence-corrected chi connectivity index (χ2v) is 3.92. The number of rotatable bonds is 3. The SMILES string of the molecule is C=CCCC1=[C]([Zr+2])CC=C1.[Cl-].[Cl-]. The first-order chi connectivity index (χ1) is 4.84. The van der Waals surface area contributed by atoms with Crippen molar-refractivity contribution in [1.82, 2.24) is 0 Å². The van der Waals surface area contributed by atoms with Crippen molar-refractivity contribution < 1.29 is 49.5 Å². The van der Waals surface area contributed by atoms with Gasteiger partial charge in [0, 0.05) is 0 Å². The fourth-order valence-corrected chi connectivity index (χ4v) is 1.84. The molecular weight excluding hydrogens is 270 g/mol. The molecule has 0 spiro atoms. The summed E-state index contributed by atoms with van der Waals surface area (Å²) in [6.45, 7) is 3.71. The van der Waals surface area contributed by atoms with Gasteiger partial charge in [-0.2, -0.15) is 0 Å². The van der Waals surface area contributed by atoms with Gasteiger partial charge in [-0.05, 0) is 0 Å². The molecule has 1 aliphatic carbocycles. The average Bonchev–Trinajstić information content (AvgIpc) is 2.31. The van der Waals surface area contributed by atoms with Crippen LogP contribution in [0.3, 0.4) is 0 Å². The molecule has 1 rings (SSSR count). The molecule has 0 fully saturated rings. The van der Waals surface area contributed by atoms with E-state index in [0.717, 1.165) is 6.42 Å². The van der Waals surface area contributed by atoms with Crippen molar-refractivity contribution in [3.63, 3.8) is 0 Å². The minimum Gasteiger partial charge on any atom is -1.00 e. The van der Waals surface area contributed by atoms with Gasteiger partial charge in [-0.3, -0.25) is 0 Å². The maximum atomic E-state index is 3.71. The van der Waals surface area contributed by atoms with Crippen LogP contribution in [0, 0.1) is 0 Å². The zero-order valence-corrected chi connectivity index (χ0v) is 10.8. The van der Waals surface area contributed by atoms with Crippen LogP contribution < -0.4 is 24.8 Å². The monoisotopic (exact) mass is 279 g/mol. The third kappa shape index (κ3) is 4.65. The van der Waals surface area contributed by atoms with E-state index in [0.29, 0.717) is 0 Å². The van der Waals surface area contributed by atoms with E-state index >= 15 is 0 Å². The minimum absolute atomic E-state index is 0. The molecule has 0 aliphatic heterocycles. The van der Waals surface area contributed by atoms with Gasteiger partial charge in [-0.15, -0.1) is 0 Å². The molecule has 0 heterocycles. The Balaban J connectivity index is 0. The molecule has 0 N–H and O–H groups in total. The summed E-state index contributed by atoms with van der Waals surface area (Å²) >= 11 is 1.58. The topological polar surface area (TPSA) is 0 Å². The molecule has 65 valence electrons. The predicted octanol–water partition coefficient (Wildman–Crippen LogP) is -3.28. The van der Waals surface area contributed by atoms with Crippen LogP contribution in [0.5, 0.6) is 0 Å². The molecule has 1 aliphatic rings. The van der Waals surface area contributed by atoms with E-state index in [4.69, 9.17) is 0 Å². The largest absolute Gasteiger partial charge is 1.00 e. The van der Waals surface area contributed by atoms with E-state index < -0.39 is 0 Å². The van der Waals surface area contributed by atoms with Crippen molar-refractivity contribution in [2.75, 3.05) is 0 Å². The van der Waals surface area contributed by atoms with Gasteiger partial charge in [0.1, 0.15) is 0 Å². The Bertz CT molecular complexity index is 195. The molecule has 0 aromatic rings. The van der Waals surface area contributed by atoms with Crippen LogP contribution in [0.1, 0.15) is 19.3 Å². The molecule has 0 saturated carbocycles. The van der Waals surface area contributed by atoms with Crippen molar-refractivity contribution in [3.8, 4) is 0 Å². The summed E-state index contributed by atoms with van der Waals surface area (Å²) in [6.07, 6.45) is 10.0. The standard InChI is InChI=1S/C9H11.2ClH.Zr/c1-2-3-6-9-7-4-5-8-9;;;/h2,4,7H,1,3,5-6H2;2*1H;/q;;;+2/p-2. The molecular formula is C9H11Cl2Zr. The zero-order valence-electron chi connectivity index (χ0n) is 6.82. The Morgan fingerprint density at radius 1 is 1.50 bits per heavy atom. The Labute approximate surface area is 102 Å². The van der Waals surface area contributed by atoms with Gasteiger partial charge in [-0.1, -0.05) is 0 Å². The van der Waals surface area contributed by atoms with Gasteiger partial charge >= 0.3 is 77.6 Å². The summed E-state index contributed by atoms with van der Waals surface area (Å²) in [5.74, 6) is 0. The van der Waals surface area contributed by atoms with Crippen LogP contribution in [-0.4, -0.2) is 0 Å². The third-order valence-electron chi connectivity index (χ3n) is 1.65. The first kappa shape index (κ1) is 15.2. The molecule has 12 heavy (non-hydrogen) atoms. The Hall–Kier alpha value is 0.683. The van der Waals surface area contributed by atoms with Gasteiger partial charge < -0.3 is 24.8 Å². The maximum absolute atomic E-state index is 3.71. The summed E-state index contributed by atoms with van der Waals surface area (Å²) in [6, 6.07) is 0. The van der Waals surface area contributed by atoms with Crippen molar-refractivity contribution in [2.45, 2.75) is 19.3 Å². The molecule has 0 aromatic carbocycles. The fraction of sp³-hybridized carbons (Fsp3) is 0.333. The van der Waals surface area contributed by atoms with Crippen molar-refractivity contribution in [3.05, 3.63) is 33.7 Å². The average molecular weight is 281 g/mol. The normalized spacial score (nSPS) is 13.8. The Morgan fingerprint density at radius 3 is 2.58 bits per heavy atom. The van der Waals surface area contributed by atoms with Crippen LogP contribution in [0.4, 0.5) is 0 Å². The van der Waals surface area contributed by atoms with Crippen LogP contribution in [0.15, 0.2) is 33.7 Å². The molecule has 0 atom stereocenters. The van der Waals surface area contributed by atoms with E-state index in [2.05, 4.69) is 18.7 Å². The van der Waals surface area contributed by atoms with E-state index in [-0.39, 0.29) is 24.8 Å². The zero-order chi connectivity index (χ0) is 7.40. The first-order valence-electron chi connectivity index (χ1n) is 3.55. The minimum atomic E-state index is 0. The number of allylic oxidation sites excluding steroid dienone is 5. The Morgan fingerprint density at radius 2 is 2.17 bits per heavy atom. The third-order valence-corrected chi connectivity index (χ3v) is 2.94. The smallest absolute Gasteiger partial charge is 1.00 e. The van der Waals surface area contributed by atoms with E-state index in [1.807, 2.05) is 6.08 Å². The van der Waals surface area contributed by atoms with Crippen LogP contribution >= 0.6 is 0 Å². The summed E-state index contributed by atoms with van der Waals surface area (Å²) in [5, 5.41) is 0. The van der Waals surface area contributed by atoms with Gasteiger partial charge in [-0.25, -0.2) is 0 Å².